The number of hydrogen-bond acceptors (Lipinski definition) is 4. The Labute approximate surface area is 192 Å². The number of rotatable bonds is 6. The van der Waals surface area contributed by atoms with E-state index < -0.39 is 6.04 Å². The lowest BCUT2D eigenvalue weighted by atomic mass is 9.97. The molecule has 166 valence electrons. The average molecular weight is 440 g/mol. The monoisotopic (exact) mass is 439 g/mol. The molecular formula is C28H25NO4. The molecule has 0 N–H and O–H groups in total. The van der Waals surface area contributed by atoms with Crippen LogP contribution in [-0.4, -0.2) is 24.5 Å². The Bertz CT molecular complexity index is 1370. The quantitative estimate of drug-likeness (QED) is 0.417. The van der Waals surface area contributed by atoms with Crippen molar-refractivity contribution >= 4 is 16.9 Å². The van der Waals surface area contributed by atoms with Gasteiger partial charge in [-0.2, -0.15) is 0 Å². The molecule has 33 heavy (non-hydrogen) atoms. The van der Waals surface area contributed by atoms with E-state index in [-0.39, 0.29) is 17.1 Å². The number of fused-ring (bicyclic) bond motifs is 2. The lowest BCUT2D eigenvalue weighted by Crippen LogP contribution is -2.31. The molecule has 1 unspecified atom stereocenters. The molecule has 5 rings (SSSR count). The molecule has 4 aromatic rings. The highest BCUT2D eigenvalue weighted by Gasteiger charge is 2.42. The fraction of sp³-hybridized carbons (Fsp3) is 0.214. The van der Waals surface area contributed by atoms with E-state index in [1.54, 1.807) is 30.2 Å². The Morgan fingerprint density at radius 2 is 1.61 bits per heavy atom. The minimum Gasteiger partial charge on any atom is -0.497 e. The van der Waals surface area contributed by atoms with Gasteiger partial charge in [0.05, 0.1) is 24.1 Å². The summed E-state index contributed by atoms with van der Waals surface area (Å²) in [6.07, 6.45) is 1.58. The van der Waals surface area contributed by atoms with Crippen molar-refractivity contribution in [2.45, 2.75) is 25.8 Å². The molecule has 1 amide bonds. The standard InChI is InChI=1S/C28H25NO4/c1-3-18-8-12-20(13-9-18)25-24-26(30)22-6-4-5-7-23(22)33-27(24)28(31)29(25)17-16-19-10-14-21(32-2)15-11-19/h4-15,25H,3,16-17H2,1-2H3. The van der Waals surface area contributed by atoms with Crippen LogP contribution in [0.2, 0.25) is 0 Å². The van der Waals surface area contributed by atoms with Crippen LogP contribution in [0.5, 0.6) is 5.75 Å². The highest BCUT2D eigenvalue weighted by molar-refractivity contribution is 5.99. The number of hydrogen-bond donors (Lipinski definition) is 0. The van der Waals surface area contributed by atoms with E-state index in [1.807, 2.05) is 42.5 Å². The van der Waals surface area contributed by atoms with Crippen molar-refractivity contribution in [3.8, 4) is 5.75 Å². The molecule has 5 nitrogen and oxygen atoms in total. The minimum absolute atomic E-state index is 0.142. The van der Waals surface area contributed by atoms with Gasteiger partial charge in [-0.15, -0.1) is 0 Å². The van der Waals surface area contributed by atoms with E-state index in [1.165, 1.54) is 5.56 Å². The van der Waals surface area contributed by atoms with Gasteiger partial charge >= 0.3 is 0 Å². The molecule has 0 bridgehead atoms. The van der Waals surface area contributed by atoms with Crippen LogP contribution < -0.4 is 10.2 Å². The van der Waals surface area contributed by atoms with Crippen molar-refractivity contribution < 1.29 is 13.9 Å². The predicted molar refractivity (Wildman–Crippen MR) is 128 cm³/mol. The molecule has 1 aromatic heterocycles. The summed E-state index contributed by atoms with van der Waals surface area (Å²) in [5, 5.41) is 0.497. The molecule has 3 aromatic carbocycles. The molecule has 0 saturated heterocycles. The SMILES string of the molecule is CCc1ccc(C2c3c(oc4ccccc4c3=O)C(=O)N2CCc2ccc(OC)cc2)cc1. The third-order valence-corrected chi connectivity index (χ3v) is 6.38. The zero-order valence-electron chi connectivity index (χ0n) is 18.7. The van der Waals surface area contributed by atoms with Crippen molar-refractivity contribution in [3.63, 3.8) is 0 Å². The molecule has 1 aliphatic rings. The second-order valence-corrected chi connectivity index (χ2v) is 8.26. The first-order valence-corrected chi connectivity index (χ1v) is 11.2. The van der Waals surface area contributed by atoms with Gasteiger partial charge in [0.25, 0.3) is 5.91 Å². The molecule has 0 aliphatic carbocycles. The van der Waals surface area contributed by atoms with E-state index in [2.05, 4.69) is 19.1 Å². The molecule has 1 atom stereocenters. The van der Waals surface area contributed by atoms with Crippen LogP contribution in [0.25, 0.3) is 11.0 Å². The fourth-order valence-electron chi connectivity index (χ4n) is 4.52. The van der Waals surface area contributed by atoms with E-state index in [4.69, 9.17) is 9.15 Å². The van der Waals surface area contributed by atoms with Crippen molar-refractivity contribution in [2.75, 3.05) is 13.7 Å². The molecule has 0 spiro atoms. The number of aryl methyl sites for hydroxylation is 1. The lowest BCUT2D eigenvalue weighted by Gasteiger charge is -2.25. The van der Waals surface area contributed by atoms with E-state index in [9.17, 15) is 9.59 Å². The van der Waals surface area contributed by atoms with E-state index in [0.29, 0.717) is 29.5 Å². The molecular weight excluding hydrogens is 414 g/mol. The van der Waals surface area contributed by atoms with Crippen LogP contribution in [0.4, 0.5) is 0 Å². The smallest absolute Gasteiger partial charge is 0.290 e. The van der Waals surface area contributed by atoms with Gasteiger partial charge in [0.15, 0.2) is 5.43 Å². The Balaban J connectivity index is 1.58. The van der Waals surface area contributed by atoms with Gasteiger partial charge < -0.3 is 14.1 Å². The summed E-state index contributed by atoms with van der Waals surface area (Å²) in [6, 6.07) is 22.6. The third-order valence-electron chi connectivity index (χ3n) is 6.38. The second kappa shape index (κ2) is 8.58. The summed E-state index contributed by atoms with van der Waals surface area (Å²) < 4.78 is 11.2. The summed E-state index contributed by atoms with van der Waals surface area (Å²) in [7, 11) is 1.64. The van der Waals surface area contributed by atoms with E-state index in [0.717, 1.165) is 23.3 Å². The zero-order valence-corrected chi connectivity index (χ0v) is 18.7. The second-order valence-electron chi connectivity index (χ2n) is 8.26. The predicted octanol–water partition coefficient (Wildman–Crippen LogP) is 5.15. The number of benzene rings is 3. The molecule has 0 radical (unpaired) electrons. The first-order valence-electron chi connectivity index (χ1n) is 11.2. The van der Waals surface area contributed by atoms with Gasteiger partial charge in [-0.3, -0.25) is 9.59 Å². The van der Waals surface area contributed by atoms with Crippen LogP contribution in [0, 0.1) is 0 Å². The normalized spacial score (nSPS) is 15.2. The summed E-state index contributed by atoms with van der Waals surface area (Å²) >= 11 is 0. The lowest BCUT2D eigenvalue weighted by molar-refractivity contribution is 0.0730. The molecule has 0 saturated carbocycles. The Hall–Kier alpha value is -3.86. The highest BCUT2D eigenvalue weighted by atomic mass is 16.5. The summed E-state index contributed by atoms with van der Waals surface area (Å²) in [5.41, 5.74) is 3.93. The maximum atomic E-state index is 13.5. The minimum atomic E-state index is -0.475. The van der Waals surface area contributed by atoms with E-state index >= 15 is 0 Å². The van der Waals surface area contributed by atoms with Gasteiger partial charge in [-0.25, -0.2) is 0 Å². The van der Waals surface area contributed by atoms with Crippen LogP contribution in [-0.2, 0) is 12.8 Å². The summed E-state index contributed by atoms with van der Waals surface area (Å²) in [4.78, 5) is 28.8. The zero-order chi connectivity index (χ0) is 22.9. The summed E-state index contributed by atoms with van der Waals surface area (Å²) in [6.45, 7) is 2.57. The molecule has 5 heteroatoms. The number of carbonyl (C=O) groups is 1. The molecule has 1 aliphatic heterocycles. The number of methoxy groups -OCH3 is 1. The number of carbonyl (C=O) groups excluding carboxylic acids is 1. The first-order chi connectivity index (χ1) is 16.1. The maximum Gasteiger partial charge on any atom is 0.290 e. The van der Waals surface area contributed by atoms with Gasteiger partial charge in [0.2, 0.25) is 5.76 Å². The Kier molecular flexibility index (Phi) is 5.47. The average Bonchev–Trinajstić information content (AvgIpc) is 3.15. The fourth-order valence-corrected chi connectivity index (χ4v) is 4.52. The molecule has 2 heterocycles. The third kappa shape index (κ3) is 3.69. The maximum absolute atomic E-state index is 13.5. The van der Waals surface area contributed by atoms with Crippen molar-refractivity contribution in [2.24, 2.45) is 0 Å². The molecule has 0 fully saturated rings. The Morgan fingerprint density at radius 1 is 0.909 bits per heavy atom. The Morgan fingerprint density at radius 3 is 2.30 bits per heavy atom. The number of nitrogens with zero attached hydrogens (tertiary/aromatic N) is 1. The first kappa shape index (κ1) is 21.0. The largest absolute Gasteiger partial charge is 0.497 e. The number of para-hydroxylation sites is 1. The summed E-state index contributed by atoms with van der Waals surface area (Å²) in [5.74, 6) is 0.697. The van der Waals surface area contributed by atoms with Gasteiger partial charge in [0.1, 0.15) is 11.3 Å². The van der Waals surface area contributed by atoms with Crippen molar-refractivity contribution in [1.82, 2.24) is 4.90 Å². The van der Waals surface area contributed by atoms with Crippen LogP contribution in [0.3, 0.4) is 0 Å². The van der Waals surface area contributed by atoms with Crippen molar-refractivity contribution in [1.29, 1.82) is 0 Å². The van der Waals surface area contributed by atoms with Crippen LogP contribution in [0.1, 0.15) is 45.8 Å². The van der Waals surface area contributed by atoms with Crippen LogP contribution in [0.15, 0.2) is 82.0 Å². The van der Waals surface area contributed by atoms with Gasteiger partial charge in [0, 0.05) is 6.54 Å². The number of ether oxygens (including phenoxy) is 1. The topological polar surface area (TPSA) is 59.8 Å². The van der Waals surface area contributed by atoms with Gasteiger partial charge in [-0.05, 0) is 53.8 Å². The van der Waals surface area contributed by atoms with Crippen LogP contribution >= 0.6 is 0 Å². The van der Waals surface area contributed by atoms with Crippen molar-refractivity contribution in [3.05, 3.63) is 111 Å². The van der Waals surface area contributed by atoms with Gasteiger partial charge in [-0.1, -0.05) is 55.5 Å². The highest BCUT2D eigenvalue weighted by Crippen LogP contribution is 2.38. The number of amides is 1.